The van der Waals surface area contributed by atoms with E-state index in [2.05, 4.69) is 12.2 Å². The van der Waals surface area contributed by atoms with Crippen LogP contribution in [-0.4, -0.2) is 23.4 Å². The molecule has 7 heteroatoms. The number of benzene rings is 1. The Morgan fingerprint density at radius 3 is 2.48 bits per heavy atom. The van der Waals surface area contributed by atoms with Gasteiger partial charge in [-0.15, -0.1) is 11.6 Å². The lowest BCUT2D eigenvalue weighted by Gasteiger charge is -2.17. The van der Waals surface area contributed by atoms with E-state index in [4.69, 9.17) is 39.5 Å². The fraction of sp³-hybridized carbons (Fsp3) is 0.600. The second-order valence-corrected chi connectivity index (χ2v) is 9.24. The number of nitrogens with one attached hydrogen (secondary N) is 1. The number of anilines is 1. The summed E-state index contributed by atoms with van der Waals surface area (Å²) in [5.41, 5.74) is 0.539. The summed E-state index contributed by atoms with van der Waals surface area (Å²) in [5.74, 6) is -0.175. The monoisotopic (exact) mass is 435 g/mol. The van der Waals surface area contributed by atoms with Gasteiger partial charge in [-0.1, -0.05) is 43.0 Å². The molecule has 0 radical (unpaired) electrons. The van der Waals surface area contributed by atoms with Crippen molar-refractivity contribution in [1.29, 1.82) is 0 Å². The molecule has 1 aromatic rings. The van der Waals surface area contributed by atoms with E-state index in [-0.39, 0.29) is 29.6 Å². The van der Waals surface area contributed by atoms with Gasteiger partial charge in [-0.05, 0) is 50.8 Å². The van der Waals surface area contributed by atoms with Crippen molar-refractivity contribution in [2.75, 3.05) is 11.9 Å². The topological polar surface area (TPSA) is 55.4 Å². The molecule has 1 unspecified atom stereocenters. The summed E-state index contributed by atoms with van der Waals surface area (Å²) in [6.45, 7) is 6.54. The van der Waals surface area contributed by atoms with Gasteiger partial charge in [0.1, 0.15) is 0 Å². The van der Waals surface area contributed by atoms with E-state index in [1.54, 1.807) is 18.2 Å². The SMILES string of the molecule is CC(CCCC(C)(C)Cl)CCOC(=O)CCC(=O)Nc1ccc(Cl)c(Cl)c1. The first-order valence-corrected chi connectivity index (χ1v) is 10.3. The largest absolute Gasteiger partial charge is 0.466 e. The van der Waals surface area contributed by atoms with Gasteiger partial charge in [-0.2, -0.15) is 0 Å². The third-order valence-corrected chi connectivity index (χ3v) is 5.03. The molecule has 0 fully saturated rings. The molecule has 1 amide bonds. The van der Waals surface area contributed by atoms with Gasteiger partial charge in [-0.3, -0.25) is 9.59 Å². The van der Waals surface area contributed by atoms with E-state index in [1.165, 1.54) is 0 Å². The minimum Gasteiger partial charge on any atom is -0.466 e. The van der Waals surface area contributed by atoms with Crippen LogP contribution in [0, 0.1) is 5.92 Å². The highest BCUT2D eigenvalue weighted by Gasteiger charge is 2.14. The van der Waals surface area contributed by atoms with Crippen LogP contribution >= 0.6 is 34.8 Å². The highest BCUT2D eigenvalue weighted by molar-refractivity contribution is 6.42. The van der Waals surface area contributed by atoms with Crippen LogP contribution in [0.1, 0.15) is 59.3 Å². The highest BCUT2D eigenvalue weighted by Crippen LogP contribution is 2.25. The Bertz CT molecular complexity index is 629. The molecule has 0 saturated heterocycles. The third kappa shape index (κ3) is 11.5. The number of carbonyl (C=O) groups excluding carboxylic acids is 2. The smallest absolute Gasteiger partial charge is 0.306 e. The van der Waals surface area contributed by atoms with Crippen LogP contribution in [0.5, 0.6) is 0 Å². The maximum atomic E-state index is 11.9. The summed E-state index contributed by atoms with van der Waals surface area (Å²) in [4.78, 5) is 23.5. The van der Waals surface area contributed by atoms with Crippen LogP contribution in [0.3, 0.4) is 0 Å². The first kappa shape index (κ1) is 24.1. The van der Waals surface area contributed by atoms with Gasteiger partial charge >= 0.3 is 5.97 Å². The van der Waals surface area contributed by atoms with Crippen LogP contribution in [-0.2, 0) is 14.3 Å². The molecule has 152 valence electrons. The van der Waals surface area contributed by atoms with Crippen LogP contribution in [0.15, 0.2) is 18.2 Å². The van der Waals surface area contributed by atoms with E-state index in [1.807, 2.05) is 13.8 Å². The number of hydrogen-bond acceptors (Lipinski definition) is 3. The number of esters is 1. The molecule has 0 aromatic heterocycles. The Balaban J connectivity index is 2.17. The Morgan fingerprint density at radius 2 is 1.85 bits per heavy atom. The van der Waals surface area contributed by atoms with E-state index < -0.39 is 0 Å². The van der Waals surface area contributed by atoms with Gasteiger partial charge < -0.3 is 10.1 Å². The molecule has 4 nitrogen and oxygen atoms in total. The molecule has 1 aromatic carbocycles. The Hall–Kier alpha value is -0.970. The summed E-state index contributed by atoms with van der Waals surface area (Å²) >= 11 is 17.9. The number of alkyl halides is 1. The second-order valence-electron chi connectivity index (χ2n) is 7.40. The summed E-state index contributed by atoms with van der Waals surface area (Å²) in [6, 6.07) is 4.81. The van der Waals surface area contributed by atoms with Gasteiger partial charge in [0.05, 0.1) is 23.1 Å². The third-order valence-electron chi connectivity index (χ3n) is 4.10. The minimum atomic E-state index is -0.367. The number of hydrogen-bond donors (Lipinski definition) is 1. The first-order valence-electron chi connectivity index (χ1n) is 9.16. The number of amides is 1. The average Bonchev–Trinajstić information content (AvgIpc) is 2.55. The van der Waals surface area contributed by atoms with Crippen LogP contribution in [0.2, 0.25) is 10.0 Å². The second kappa shape index (κ2) is 11.8. The Kier molecular flexibility index (Phi) is 10.5. The van der Waals surface area contributed by atoms with Crippen molar-refractivity contribution in [2.24, 2.45) is 5.92 Å². The highest BCUT2D eigenvalue weighted by atomic mass is 35.5. The summed E-state index contributed by atoms with van der Waals surface area (Å²) in [5, 5.41) is 3.45. The summed E-state index contributed by atoms with van der Waals surface area (Å²) in [7, 11) is 0. The lowest BCUT2D eigenvalue weighted by atomic mass is 9.97. The van der Waals surface area contributed by atoms with E-state index in [0.29, 0.717) is 28.3 Å². The minimum absolute atomic E-state index is 0.0436. The fourth-order valence-electron chi connectivity index (χ4n) is 2.47. The molecule has 1 atom stereocenters. The molecule has 0 aliphatic rings. The Labute approximate surface area is 176 Å². The Morgan fingerprint density at radius 1 is 1.15 bits per heavy atom. The normalized spacial score (nSPS) is 12.5. The zero-order valence-corrected chi connectivity index (χ0v) is 18.4. The van der Waals surface area contributed by atoms with Crippen LogP contribution < -0.4 is 5.32 Å². The zero-order chi connectivity index (χ0) is 20.4. The molecular weight excluding hydrogens is 409 g/mol. The first-order chi connectivity index (χ1) is 12.6. The van der Waals surface area contributed by atoms with Gasteiger partial charge in [0.15, 0.2) is 0 Å². The molecule has 27 heavy (non-hydrogen) atoms. The predicted molar refractivity (Wildman–Crippen MR) is 113 cm³/mol. The van der Waals surface area contributed by atoms with E-state index in [9.17, 15) is 9.59 Å². The van der Waals surface area contributed by atoms with Crippen LogP contribution in [0.4, 0.5) is 5.69 Å². The number of ether oxygens (including phenoxy) is 1. The lowest BCUT2D eigenvalue weighted by molar-refractivity contribution is -0.145. The van der Waals surface area contributed by atoms with Crippen molar-refractivity contribution in [3.05, 3.63) is 28.2 Å². The molecule has 0 saturated carbocycles. The van der Waals surface area contributed by atoms with E-state index >= 15 is 0 Å². The van der Waals surface area contributed by atoms with Gasteiger partial charge in [0.25, 0.3) is 0 Å². The summed E-state index contributed by atoms with van der Waals surface area (Å²) in [6.07, 6.45) is 3.98. The molecule has 1 N–H and O–H groups in total. The van der Waals surface area contributed by atoms with Crippen molar-refractivity contribution < 1.29 is 14.3 Å². The predicted octanol–water partition coefficient (Wildman–Crippen LogP) is 6.47. The molecule has 0 aliphatic heterocycles. The van der Waals surface area contributed by atoms with Gasteiger partial charge in [0, 0.05) is 17.0 Å². The molecular formula is C20H28Cl3NO3. The maximum Gasteiger partial charge on any atom is 0.306 e. The van der Waals surface area contributed by atoms with Gasteiger partial charge in [-0.25, -0.2) is 0 Å². The number of halogens is 3. The van der Waals surface area contributed by atoms with E-state index in [0.717, 1.165) is 25.7 Å². The van der Waals surface area contributed by atoms with Crippen molar-refractivity contribution in [3.8, 4) is 0 Å². The summed E-state index contributed by atoms with van der Waals surface area (Å²) < 4.78 is 5.21. The lowest BCUT2D eigenvalue weighted by Crippen LogP contribution is -2.15. The number of rotatable bonds is 11. The number of carbonyl (C=O) groups is 2. The van der Waals surface area contributed by atoms with Crippen molar-refractivity contribution >= 4 is 52.4 Å². The zero-order valence-electron chi connectivity index (χ0n) is 16.1. The standard InChI is InChI=1S/C20H28Cl3NO3/c1-14(5-4-11-20(2,3)23)10-12-27-19(26)9-8-18(25)24-15-6-7-16(21)17(22)13-15/h6-7,13-14H,4-5,8-12H2,1-3H3,(H,24,25). The average molecular weight is 437 g/mol. The molecule has 1 rings (SSSR count). The fourth-order valence-corrected chi connectivity index (χ4v) is 2.91. The molecule has 0 aliphatic carbocycles. The van der Waals surface area contributed by atoms with Gasteiger partial charge in [0.2, 0.25) is 5.91 Å². The molecule has 0 heterocycles. The molecule has 0 spiro atoms. The van der Waals surface area contributed by atoms with Crippen LogP contribution in [0.25, 0.3) is 0 Å². The quantitative estimate of drug-likeness (QED) is 0.319. The van der Waals surface area contributed by atoms with Crippen molar-refractivity contribution in [2.45, 2.75) is 64.2 Å². The van der Waals surface area contributed by atoms with Crippen molar-refractivity contribution in [3.63, 3.8) is 0 Å². The molecule has 0 bridgehead atoms. The maximum absolute atomic E-state index is 11.9. The van der Waals surface area contributed by atoms with Crippen molar-refractivity contribution in [1.82, 2.24) is 0 Å².